The first-order valence-corrected chi connectivity index (χ1v) is 5.92. The molecule has 2 nitrogen and oxygen atoms in total. The lowest BCUT2D eigenvalue weighted by atomic mass is 10.1. The second-order valence-corrected chi connectivity index (χ2v) is 4.52. The Kier molecular flexibility index (Phi) is 5.31. The van der Waals surface area contributed by atoms with Crippen LogP contribution in [0, 0.1) is 11.6 Å². The van der Waals surface area contributed by atoms with Gasteiger partial charge >= 0.3 is 0 Å². The molecule has 1 rings (SSSR count). The number of thioether (sulfide) groups is 1. The molecule has 92 valence electrons. The van der Waals surface area contributed by atoms with Gasteiger partial charge in [0.25, 0.3) is 0 Å². The van der Waals surface area contributed by atoms with Gasteiger partial charge in [0.05, 0.1) is 6.61 Å². The largest absolute Gasteiger partial charge is 0.391 e. The van der Waals surface area contributed by atoms with Crippen LogP contribution < -0.4 is 0 Å². The van der Waals surface area contributed by atoms with Gasteiger partial charge in [-0.2, -0.15) is 0 Å². The van der Waals surface area contributed by atoms with E-state index in [1.54, 1.807) is 6.08 Å². The number of halogens is 2. The fourth-order valence-electron chi connectivity index (χ4n) is 1.22. The number of aliphatic hydroxyl groups is 1. The predicted molar refractivity (Wildman–Crippen MR) is 64.5 cm³/mol. The summed E-state index contributed by atoms with van der Waals surface area (Å²) in [6.07, 6.45) is 3.18. The summed E-state index contributed by atoms with van der Waals surface area (Å²) in [5.41, 5.74) is 0.0293. The fraction of sp³-hybridized carbons (Fsp3) is 0.250. The standard InChI is InChI=1S/C12H12F2O2S/c1-8(16)17-4-2-3-9-5-11(13)10(7-15)12(14)6-9/h2-3,5-6,15H,4,7H2,1H3. The minimum atomic E-state index is -0.772. The second kappa shape index (κ2) is 6.51. The minimum absolute atomic E-state index is 0.0114. The molecule has 1 aromatic carbocycles. The van der Waals surface area contributed by atoms with Gasteiger partial charge in [0.1, 0.15) is 11.6 Å². The summed E-state index contributed by atoms with van der Waals surface area (Å²) < 4.78 is 26.5. The van der Waals surface area contributed by atoms with Gasteiger partial charge in [0.15, 0.2) is 5.12 Å². The molecule has 0 heterocycles. The van der Waals surface area contributed by atoms with Gasteiger partial charge in [-0.05, 0) is 17.7 Å². The van der Waals surface area contributed by atoms with Crippen molar-refractivity contribution in [1.82, 2.24) is 0 Å². The van der Waals surface area contributed by atoms with Gasteiger partial charge in [0, 0.05) is 18.2 Å². The van der Waals surface area contributed by atoms with E-state index in [4.69, 9.17) is 5.11 Å². The van der Waals surface area contributed by atoms with E-state index in [0.717, 1.165) is 23.9 Å². The van der Waals surface area contributed by atoms with Crippen molar-refractivity contribution in [2.24, 2.45) is 0 Å². The molecule has 1 aromatic rings. The summed E-state index contributed by atoms with van der Waals surface area (Å²) >= 11 is 1.11. The molecule has 0 aliphatic rings. The Hall–Kier alpha value is -1.20. The molecule has 0 atom stereocenters. The Balaban J connectivity index is 2.76. The van der Waals surface area contributed by atoms with E-state index in [9.17, 15) is 13.6 Å². The van der Waals surface area contributed by atoms with E-state index < -0.39 is 18.2 Å². The summed E-state index contributed by atoms with van der Waals surface area (Å²) in [6, 6.07) is 2.28. The van der Waals surface area contributed by atoms with Crippen LogP contribution in [-0.4, -0.2) is 16.0 Å². The average Bonchev–Trinajstić information content (AvgIpc) is 2.24. The highest BCUT2D eigenvalue weighted by atomic mass is 32.2. The third kappa shape index (κ3) is 4.28. The number of hydrogen-bond acceptors (Lipinski definition) is 3. The molecule has 0 aliphatic carbocycles. The molecule has 0 aliphatic heterocycles. The summed E-state index contributed by atoms with van der Waals surface area (Å²) in [6.45, 7) is 0.787. The molecule has 0 amide bonds. The molecule has 17 heavy (non-hydrogen) atoms. The van der Waals surface area contributed by atoms with Crippen LogP contribution in [-0.2, 0) is 11.4 Å². The average molecular weight is 258 g/mol. The first-order valence-electron chi connectivity index (χ1n) is 4.93. The molecule has 0 fully saturated rings. The van der Waals surface area contributed by atoms with E-state index in [-0.39, 0.29) is 10.7 Å². The Bertz CT molecular complexity index is 421. The van der Waals surface area contributed by atoms with Crippen molar-refractivity contribution in [3.05, 3.63) is 41.0 Å². The van der Waals surface area contributed by atoms with E-state index in [1.165, 1.54) is 13.0 Å². The van der Waals surface area contributed by atoms with Crippen LogP contribution in [0.15, 0.2) is 18.2 Å². The molecule has 0 unspecified atom stereocenters. The van der Waals surface area contributed by atoms with Crippen molar-refractivity contribution in [2.75, 3.05) is 5.75 Å². The van der Waals surface area contributed by atoms with E-state index in [0.29, 0.717) is 11.3 Å². The maximum atomic E-state index is 13.3. The van der Waals surface area contributed by atoms with Crippen molar-refractivity contribution in [1.29, 1.82) is 0 Å². The first-order chi connectivity index (χ1) is 8.04. The van der Waals surface area contributed by atoms with E-state index in [1.807, 2.05) is 0 Å². The highest BCUT2D eigenvalue weighted by Gasteiger charge is 2.08. The lowest BCUT2D eigenvalue weighted by Crippen LogP contribution is -1.96. The number of carbonyl (C=O) groups excluding carboxylic acids is 1. The third-order valence-electron chi connectivity index (χ3n) is 2.01. The smallest absolute Gasteiger partial charge is 0.186 e. The Morgan fingerprint density at radius 2 is 2.00 bits per heavy atom. The van der Waals surface area contributed by atoms with Crippen molar-refractivity contribution in [2.45, 2.75) is 13.5 Å². The lowest BCUT2D eigenvalue weighted by Gasteiger charge is -2.02. The summed E-state index contributed by atoms with van der Waals surface area (Å²) in [7, 11) is 0. The van der Waals surface area contributed by atoms with Crippen LogP contribution in [0.4, 0.5) is 8.78 Å². The van der Waals surface area contributed by atoms with Crippen LogP contribution in [0.1, 0.15) is 18.1 Å². The Morgan fingerprint density at radius 1 is 1.41 bits per heavy atom. The third-order valence-corrected chi connectivity index (χ3v) is 2.78. The molecule has 1 N–H and O–H groups in total. The zero-order valence-corrected chi connectivity index (χ0v) is 10.1. The van der Waals surface area contributed by atoms with Crippen molar-refractivity contribution in [3.63, 3.8) is 0 Å². The number of hydrogen-bond donors (Lipinski definition) is 1. The van der Waals surface area contributed by atoms with Crippen LogP contribution >= 0.6 is 11.8 Å². The van der Waals surface area contributed by atoms with Crippen LogP contribution in [0.5, 0.6) is 0 Å². The topological polar surface area (TPSA) is 37.3 Å². The SMILES string of the molecule is CC(=O)SCC=Cc1cc(F)c(CO)c(F)c1. The minimum Gasteiger partial charge on any atom is -0.391 e. The quantitative estimate of drug-likeness (QED) is 0.902. The molecule has 0 spiro atoms. The van der Waals surface area contributed by atoms with Crippen LogP contribution in [0.25, 0.3) is 6.08 Å². The van der Waals surface area contributed by atoms with Gasteiger partial charge < -0.3 is 5.11 Å². The van der Waals surface area contributed by atoms with E-state index in [2.05, 4.69) is 0 Å². The number of rotatable bonds is 4. The highest BCUT2D eigenvalue weighted by Crippen LogP contribution is 2.16. The maximum absolute atomic E-state index is 13.3. The predicted octanol–water partition coefficient (Wildman–Crippen LogP) is 2.75. The first kappa shape index (κ1) is 13.9. The van der Waals surface area contributed by atoms with Crippen molar-refractivity contribution >= 4 is 23.0 Å². The molecule has 5 heteroatoms. The molecule has 0 bridgehead atoms. The van der Waals surface area contributed by atoms with Crippen molar-refractivity contribution in [3.8, 4) is 0 Å². The molecule has 0 saturated heterocycles. The zero-order valence-electron chi connectivity index (χ0n) is 9.24. The van der Waals surface area contributed by atoms with E-state index >= 15 is 0 Å². The van der Waals surface area contributed by atoms with Gasteiger partial charge in [0.2, 0.25) is 0 Å². The second-order valence-electron chi connectivity index (χ2n) is 3.33. The van der Waals surface area contributed by atoms with Gasteiger partial charge in [-0.3, -0.25) is 4.79 Å². The number of carbonyl (C=O) groups is 1. The zero-order chi connectivity index (χ0) is 12.8. The summed E-state index contributed by atoms with van der Waals surface area (Å²) in [4.78, 5) is 10.6. The Morgan fingerprint density at radius 3 is 2.47 bits per heavy atom. The Labute approximate surface area is 102 Å². The van der Waals surface area contributed by atoms with Gasteiger partial charge in [-0.25, -0.2) is 8.78 Å². The fourth-order valence-corrected chi connectivity index (χ4v) is 1.65. The number of aliphatic hydroxyl groups excluding tert-OH is 1. The summed E-state index contributed by atoms with van der Waals surface area (Å²) in [5, 5.41) is 8.72. The van der Waals surface area contributed by atoms with Crippen LogP contribution in [0.3, 0.4) is 0 Å². The van der Waals surface area contributed by atoms with Crippen LogP contribution in [0.2, 0.25) is 0 Å². The molecular weight excluding hydrogens is 246 g/mol. The maximum Gasteiger partial charge on any atom is 0.186 e. The lowest BCUT2D eigenvalue weighted by molar-refractivity contribution is -0.109. The monoisotopic (exact) mass is 258 g/mol. The highest BCUT2D eigenvalue weighted by molar-refractivity contribution is 8.13. The normalized spacial score (nSPS) is 11.1. The van der Waals surface area contributed by atoms with Gasteiger partial charge in [-0.15, -0.1) is 0 Å². The summed E-state index contributed by atoms with van der Waals surface area (Å²) in [5.74, 6) is -1.09. The number of benzene rings is 1. The molecular formula is C12H12F2O2S. The molecule has 0 aromatic heterocycles. The van der Waals surface area contributed by atoms with Gasteiger partial charge in [-0.1, -0.05) is 23.9 Å². The molecule has 0 radical (unpaired) electrons. The van der Waals surface area contributed by atoms with Crippen molar-refractivity contribution < 1.29 is 18.7 Å². The molecule has 0 saturated carbocycles.